The summed E-state index contributed by atoms with van der Waals surface area (Å²) < 4.78 is 13.4. The maximum atomic E-state index is 13.4. The summed E-state index contributed by atoms with van der Waals surface area (Å²) in [5, 5.41) is 11.9. The van der Waals surface area contributed by atoms with Crippen LogP contribution in [-0.2, 0) is 0 Å². The highest BCUT2D eigenvalue weighted by molar-refractivity contribution is 5.48. The minimum atomic E-state index is -0.464. The molecule has 0 spiro atoms. The predicted octanol–water partition coefficient (Wildman–Crippen LogP) is 3.93. The fourth-order valence-corrected chi connectivity index (χ4v) is 1.64. The summed E-state index contributed by atoms with van der Waals surface area (Å²) >= 11 is 0. The van der Waals surface area contributed by atoms with Crippen molar-refractivity contribution >= 4 is 5.69 Å². The minimum Gasteiger partial charge on any atom is -0.383 e. The Balaban J connectivity index is 2.57. The van der Waals surface area contributed by atoms with E-state index < -0.39 is 5.82 Å². The van der Waals surface area contributed by atoms with Crippen LogP contribution in [0.2, 0.25) is 0 Å². The number of hydrogen-bond acceptors (Lipinski definition) is 2. The molecule has 0 heterocycles. The summed E-state index contributed by atoms with van der Waals surface area (Å²) in [6.07, 6.45) is 2.20. The molecule has 0 saturated heterocycles. The molecular formula is C14H19FN2. The maximum Gasteiger partial charge on any atom is 0.143 e. The van der Waals surface area contributed by atoms with E-state index in [1.807, 2.05) is 6.07 Å². The standard InChI is InChI=1S/C14H19FN2/c1-10(2)4-5-11(3)17-13-7-6-12(9-16)14(15)8-13/h6-8,10-11,17H,4-5H2,1-3H3. The van der Waals surface area contributed by atoms with Gasteiger partial charge in [-0.05, 0) is 43.9 Å². The average Bonchev–Trinajstić information content (AvgIpc) is 2.26. The van der Waals surface area contributed by atoms with Gasteiger partial charge in [0.15, 0.2) is 0 Å². The van der Waals surface area contributed by atoms with Crippen molar-refractivity contribution in [1.82, 2.24) is 0 Å². The molecule has 2 nitrogen and oxygen atoms in total. The molecule has 1 aromatic rings. The van der Waals surface area contributed by atoms with Gasteiger partial charge in [0.05, 0.1) is 5.56 Å². The molecule has 1 unspecified atom stereocenters. The van der Waals surface area contributed by atoms with Crippen LogP contribution in [0.15, 0.2) is 18.2 Å². The van der Waals surface area contributed by atoms with Gasteiger partial charge in [0.2, 0.25) is 0 Å². The van der Waals surface area contributed by atoms with Gasteiger partial charge < -0.3 is 5.32 Å². The molecule has 1 N–H and O–H groups in total. The average molecular weight is 234 g/mol. The molecule has 0 aliphatic rings. The molecule has 0 radical (unpaired) electrons. The number of benzene rings is 1. The van der Waals surface area contributed by atoms with E-state index in [0.29, 0.717) is 12.0 Å². The Bertz CT molecular complexity index is 407. The zero-order valence-electron chi connectivity index (χ0n) is 10.6. The topological polar surface area (TPSA) is 35.8 Å². The van der Waals surface area contributed by atoms with Crippen LogP contribution in [0.25, 0.3) is 0 Å². The third kappa shape index (κ3) is 4.44. The molecular weight excluding hydrogens is 215 g/mol. The molecule has 92 valence electrons. The lowest BCUT2D eigenvalue weighted by molar-refractivity contribution is 0.527. The van der Waals surface area contributed by atoms with Gasteiger partial charge in [0.25, 0.3) is 0 Å². The van der Waals surface area contributed by atoms with Crippen molar-refractivity contribution in [3.63, 3.8) is 0 Å². The Morgan fingerprint density at radius 1 is 1.29 bits per heavy atom. The molecule has 17 heavy (non-hydrogen) atoms. The summed E-state index contributed by atoms with van der Waals surface area (Å²) in [5.41, 5.74) is 0.822. The summed E-state index contributed by atoms with van der Waals surface area (Å²) in [5.74, 6) is 0.213. The zero-order chi connectivity index (χ0) is 12.8. The van der Waals surface area contributed by atoms with Gasteiger partial charge in [-0.2, -0.15) is 5.26 Å². The van der Waals surface area contributed by atoms with Crippen molar-refractivity contribution in [2.24, 2.45) is 5.92 Å². The van der Waals surface area contributed by atoms with Crippen LogP contribution in [0.1, 0.15) is 39.2 Å². The van der Waals surface area contributed by atoms with Crippen molar-refractivity contribution in [2.75, 3.05) is 5.32 Å². The molecule has 0 aromatic heterocycles. The Morgan fingerprint density at radius 3 is 2.53 bits per heavy atom. The van der Waals surface area contributed by atoms with Crippen molar-refractivity contribution < 1.29 is 4.39 Å². The minimum absolute atomic E-state index is 0.0883. The second-order valence-corrected chi connectivity index (χ2v) is 4.82. The van der Waals surface area contributed by atoms with E-state index in [-0.39, 0.29) is 5.56 Å². The first-order chi connectivity index (χ1) is 8.02. The first kappa shape index (κ1) is 13.5. The lowest BCUT2D eigenvalue weighted by Gasteiger charge is -2.16. The summed E-state index contributed by atoms with van der Waals surface area (Å²) in [7, 11) is 0. The highest BCUT2D eigenvalue weighted by Crippen LogP contribution is 2.16. The van der Waals surface area contributed by atoms with E-state index >= 15 is 0 Å². The van der Waals surface area contributed by atoms with Crippen LogP contribution in [0, 0.1) is 23.1 Å². The van der Waals surface area contributed by atoms with Gasteiger partial charge in [-0.1, -0.05) is 13.8 Å². The van der Waals surface area contributed by atoms with E-state index in [0.717, 1.165) is 18.5 Å². The van der Waals surface area contributed by atoms with Crippen LogP contribution in [0.3, 0.4) is 0 Å². The lowest BCUT2D eigenvalue weighted by atomic mass is 10.0. The maximum absolute atomic E-state index is 13.4. The number of halogens is 1. The van der Waals surface area contributed by atoms with Gasteiger partial charge in [-0.25, -0.2) is 4.39 Å². The molecule has 0 aliphatic carbocycles. The van der Waals surface area contributed by atoms with Crippen molar-refractivity contribution in [1.29, 1.82) is 5.26 Å². The molecule has 0 bridgehead atoms. The van der Waals surface area contributed by atoms with Crippen molar-refractivity contribution in [2.45, 2.75) is 39.7 Å². The quantitative estimate of drug-likeness (QED) is 0.837. The third-order valence-corrected chi connectivity index (χ3v) is 2.68. The lowest BCUT2D eigenvalue weighted by Crippen LogP contribution is -2.15. The van der Waals surface area contributed by atoms with Crippen LogP contribution in [-0.4, -0.2) is 6.04 Å². The van der Waals surface area contributed by atoms with Crippen molar-refractivity contribution in [3.05, 3.63) is 29.6 Å². The van der Waals surface area contributed by atoms with E-state index in [4.69, 9.17) is 5.26 Å². The molecule has 0 fully saturated rings. The van der Waals surface area contributed by atoms with Gasteiger partial charge in [-0.15, -0.1) is 0 Å². The summed E-state index contributed by atoms with van der Waals surface area (Å²) in [4.78, 5) is 0. The molecule has 0 amide bonds. The number of nitrogens with one attached hydrogen (secondary N) is 1. The Labute approximate surface area is 102 Å². The van der Waals surface area contributed by atoms with E-state index in [9.17, 15) is 4.39 Å². The second-order valence-electron chi connectivity index (χ2n) is 4.82. The van der Waals surface area contributed by atoms with E-state index in [2.05, 4.69) is 26.1 Å². The Morgan fingerprint density at radius 2 is 2.00 bits per heavy atom. The number of hydrogen-bond donors (Lipinski definition) is 1. The monoisotopic (exact) mass is 234 g/mol. The smallest absolute Gasteiger partial charge is 0.143 e. The first-order valence-electron chi connectivity index (χ1n) is 5.99. The van der Waals surface area contributed by atoms with E-state index in [1.165, 1.54) is 12.1 Å². The Kier molecular flexibility index (Phi) is 4.96. The number of nitriles is 1. The zero-order valence-corrected chi connectivity index (χ0v) is 10.6. The summed E-state index contributed by atoms with van der Waals surface area (Å²) in [6.45, 7) is 6.46. The van der Waals surface area contributed by atoms with Gasteiger partial charge in [0.1, 0.15) is 11.9 Å². The van der Waals surface area contributed by atoms with Crippen LogP contribution in [0.5, 0.6) is 0 Å². The Hall–Kier alpha value is -1.56. The van der Waals surface area contributed by atoms with Crippen LogP contribution < -0.4 is 5.32 Å². The molecule has 3 heteroatoms. The molecule has 0 saturated carbocycles. The SMILES string of the molecule is CC(C)CCC(C)Nc1ccc(C#N)c(F)c1. The molecule has 1 aromatic carbocycles. The number of anilines is 1. The molecule has 1 rings (SSSR count). The fourth-order valence-electron chi connectivity index (χ4n) is 1.64. The highest BCUT2D eigenvalue weighted by atomic mass is 19.1. The van der Waals surface area contributed by atoms with Gasteiger partial charge in [-0.3, -0.25) is 0 Å². The van der Waals surface area contributed by atoms with Crippen molar-refractivity contribution in [3.8, 4) is 6.07 Å². The van der Waals surface area contributed by atoms with E-state index in [1.54, 1.807) is 6.07 Å². The predicted molar refractivity (Wildman–Crippen MR) is 68.3 cm³/mol. The number of rotatable bonds is 5. The second kappa shape index (κ2) is 6.24. The van der Waals surface area contributed by atoms with Crippen LogP contribution in [0.4, 0.5) is 10.1 Å². The van der Waals surface area contributed by atoms with Crippen LogP contribution >= 0.6 is 0 Å². The molecule has 1 atom stereocenters. The first-order valence-corrected chi connectivity index (χ1v) is 5.99. The van der Waals surface area contributed by atoms with Gasteiger partial charge in [0, 0.05) is 11.7 Å². The summed E-state index contributed by atoms with van der Waals surface area (Å²) in [6, 6.07) is 6.75. The normalized spacial score (nSPS) is 12.2. The van der Waals surface area contributed by atoms with Gasteiger partial charge >= 0.3 is 0 Å². The number of nitrogens with zero attached hydrogens (tertiary/aromatic N) is 1. The largest absolute Gasteiger partial charge is 0.383 e. The fraction of sp³-hybridized carbons (Fsp3) is 0.500. The molecule has 0 aliphatic heterocycles. The third-order valence-electron chi connectivity index (χ3n) is 2.68. The highest BCUT2D eigenvalue weighted by Gasteiger charge is 2.06.